The molecule has 0 aromatic carbocycles. The summed E-state index contributed by atoms with van der Waals surface area (Å²) in [6.07, 6.45) is 9.82. The van der Waals surface area contributed by atoms with Crippen LogP contribution >= 0.6 is 11.8 Å². The van der Waals surface area contributed by atoms with Gasteiger partial charge in [0.05, 0.1) is 6.04 Å². The number of nitrogens with one attached hydrogen (secondary N) is 1. The van der Waals surface area contributed by atoms with Gasteiger partial charge in [0.2, 0.25) is 5.91 Å². The molecule has 3 nitrogen and oxygen atoms in total. The number of amides is 1. The van der Waals surface area contributed by atoms with Crippen LogP contribution in [-0.4, -0.2) is 29.5 Å². The Morgan fingerprint density at radius 1 is 1.53 bits per heavy atom. The Kier molecular flexibility index (Phi) is 6.97. The van der Waals surface area contributed by atoms with E-state index in [-0.39, 0.29) is 11.9 Å². The maximum Gasteiger partial charge on any atom is 0.237 e. The lowest BCUT2D eigenvalue weighted by molar-refractivity contribution is -0.123. The fourth-order valence-corrected chi connectivity index (χ4v) is 3.18. The van der Waals surface area contributed by atoms with Gasteiger partial charge < -0.3 is 11.1 Å². The lowest BCUT2D eigenvalue weighted by Gasteiger charge is -2.29. The molecule has 17 heavy (non-hydrogen) atoms. The van der Waals surface area contributed by atoms with Crippen LogP contribution in [0.4, 0.5) is 0 Å². The van der Waals surface area contributed by atoms with Crippen LogP contribution in [-0.2, 0) is 4.79 Å². The van der Waals surface area contributed by atoms with E-state index in [1.807, 2.05) is 11.8 Å². The highest BCUT2D eigenvalue weighted by Crippen LogP contribution is 2.26. The van der Waals surface area contributed by atoms with Crippen LogP contribution < -0.4 is 11.1 Å². The van der Waals surface area contributed by atoms with Gasteiger partial charge in [-0.2, -0.15) is 11.8 Å². The number of hydrogen-bond donors (Lipinski definition) is 2. The van der Waals surface area contributed by atoms with Crippen LogP contribution in [0.15, 0.2) is 0 Å². The molecule has 1 saturated carbocycles. The molecule has 1 aliphatic carbocycles. The Morgan fingerprint density at radius 2 is 2.29 bits per heavy atom. The van der Waals surface area contributed by atoms with Crippen molar-refractivity contribution in [3.63, 3.8) is 0 Å². The van der Waals surface area contributed by atoms with Crippen molar-refractivity contribution >= 4 is 17.7 Å². The normalized spacial score (nSPS) is 26.5. The highest BCUT2D eigenvalue weighted by molar-refractivity contribution is 7.99. The number of nitrogens with two attached hydrogens (primary N) is 1. The molecule has 4 heteroatoms. The zero-order valence-corrected chi connectivity index (χ0v) is 11.9. The highest BCUT2D eigenvalue weighted by atomic mass is 32.2. The van der Waals surface area contributed by atoms with E-state index in [0.717, 1.165) is 32.1 Å². The van der Waals surface area contributed by atoms with E-state index in [9.17, 15) is 4.79 Å². The molecule has 0 heterocycles. The van der Waals surface area contributed by atoms with Gasteiger partial charge in [0.25, 0.3) is 0 Å². The maximum absolute atomic E-state index is 11.9. The van der Waals surface area contributed by atoms with Crippen LogP contribution in [0, 0.1) is 0 Å². The summed E-state index contributed by atoms with van der Waals surface area (Å²) in [5.41, 5.74) is 5.87. The van der Waals surface area contributed by atoms with Crippen LogP contribution in [0.25, 0.3) is 0 Å². The van der Waals surface area contributed by atoms with Crippen LogP contribution in [0.1, 0.15) is 51.9 Å². The molecule has 2 unspecified atom stereocenters. The van der Waals surface area contributed by atoms with E-state index in [4.69, 9.17) is 5.73 Å². The molecule has 3 N–H and O–H groups in total. The van der Waals surface area contributed by atoms with Gasteiger partial charge in [-0.05, 0) is 31.9 Å². The van der Waals surface area contributed by atoms with E-state index in [2.05, 4.69) is 18.5 Å². The minimum Gasteiger partial charge on any atom is -0.352 e. The number of hydrogen-bond acceptors (Lipinski definition) is 3. The Hall–Kier alpha value is -0.220. The largest absolute Gasteiger partial charge is 0.352 e. The molecular weight excluding hydrogens is 232 g/mol. The molecule has 0 radical (unpaired) electrons. The first-order valence-electron chi connectivity index (χ1n) is 6.76. The van der Waals surface area contributed by atoms with Crippen molar-refractivity contribution in [1.29, 1.82) is 0 Å². The quantitative estimate of drug-likeness (QED) is 0.768. The van der Waals surface area contributed by atoms with E-state index < -0.39 is 0 Å². The van der Waals surface area contributed by atoms with Crippen LogP contribution in [0.2, 0.25) is 0 Å². The van der Waals surface area contributed by atoms with Gasteiger partial charge in [-0.3, -0.25) is 4.79 Å². The summed E-state index contributed by atoms with van der Waals surface area (Å²) in [6.45, 7) is 2.12. The number of rotatable bonds is 6. The average molecular weight is 258 g/mol. The molecule has 0 aromatic rings. The van der Waals surface area contributed by atoms with E-state index in [1.165, 1.54) is 12.8 Å². The first-order valence-corrected chi connectivity index (χ1v) is 8.05. The first kappa shape index (κ1) is 14.8. The second-order valence-electron chi connectivity index (χ2n) is 4.98. The summed E-state index contributed by atoms with van der Waals surface area (Å²) in [5, 5.41) is 3.82. The Morgan fingerprint density at radius 3 is 2.94 bits per heavy atom. The Bertz CT molecular complexity index is 235. The molecule has 1 amide bonds. The first-order chi connectivity index (χ1) is 8.17. The van der Waals surface area contributed by atoms with Crippen molar-refractivity contribution < 1.29 is 4.79 Å². The Balaban J connectivity index is 2.29. The number of carbonyl (C=O) groups is 1. The molecule has 3 atom stereocenters. The van der Waals surface area contributed by atoms with Crippen molar-refractivity contribution in [1.82, 2.24) is 5.32 Å². The molecular formula is C13H26N2OS. The van der Waals surface area contributed by atoms with Crippen LogP contribution in [0.3, 0.4) is 0 Å². The summed E-state index contributed by atoms with van der Waals surface area (Å²) in [5.74, 6) is 0.0465. The molecule has 0 saturated heterocycles. The number of carbonyl (C=O) groups excluding carboxylic acids is 1. The van der Waals surface area contributed by atoms with Gasteiger partial charge in [0.1, 0.15) is 0 Å². The third-order valence-corrected chi connectivity index (χ3v) is 4.61. The van der Waals surface area contributed by atoms with E-state index in [0.29, 0.717) is 11.3 Å². The molecule has 1 fully saturated rings. The summed E-state index contributed by atoms with van der Waals surface area (Å²) in [6, 6.07) is 0.0333. The zero-order chi connectivity index (χ0) is 12.7. The molecule has 0 aliphatic heterocycles. The minimum absolute atomic E-state index is 0.0465. The summed E-state index contributed by atoms with van der Waals surface area (Å²) < 4.78 is 0. The third-order valence-electron chi connectivity index (χ3n) is 3.51. The fraction of sp³-hybridized carbons (Fsp3) is 0.923. The summed E-state index contributed by atoms with van der Waals surface area (Å²) in [7, 11) is 0. The molecule has 0 bridgehead atoms. The van der Waals surface area contributed by atoms with Crippen molar-refractivity contribution in [3.05, 3.63) is 0 Å². The molecule has 1 rings (SSSR count). The lowest BCUT2D eigenvalue weighted by Crippen LogP contribution is -2.47. The average Bonchev–Trinajstić information content (AvgIpc) is 2.36. The van der Waals surface area contributed by atoms with Gasteiger partial charge in [0, 0.05) is 11.3 Å². The van der Waals surface area contributed by atoms with Crippen molar-refractivity contribution in [2.45, 2.75) is 69.2 Å². The van der Waals surface area contributed by atoms with Crippen molar-refractivity contribution in [3.8, 4) is 0 Å². The topological polar surface area (TPSA) is 55.1 Å². The maximum atomic E-state index is 11.9. The zero-order valence-electron chi connectivity index (χ0n) is 11.1. The van der Waals surface area contributed by atoms with Gasteiger partial charge in [-0.1, -0.05) is 26.2 Å². The Labute approximate surface area is 109 Å². The predicted molar refractivity (Wildman–Crippen MR) is 75.2 cm³/mol. The second-order valence-corrected chi connectivity index (χ2v) is 6.12. The summed E-state index contributed by atoms with van der Waals surface area (Å²) in [4.78, 5) is 11.9. The SMILES string of the molecule is CCCC[C@H](N)C(=O)NC1CCCC(SC)C1. The van der Waals surface area contributed by atoms with Crippen molar-refractivity contribution in [2.24, 2.45) is 5.73 Å². The van der Waals surface area contributed by atoms with E-state index >= 15 is 0 Å². The monoisotopic (exact) mass is 258 g/mol. The fourth-order valence-electron chi connectivity index (χ4n) is 2.35. The van der Waals surface area contributed by atoms with Gasteiger partial charge >= 0.3 is 0 Å². The number of unbranched alkanes of at least 4 members (excludes halogenated alkanes) is 1. The third kappa shape index (κ3) is 5.30. The number of thioether (sulfide) groups is 1. The minimum atomic E-state index is -0.315. The van der Waals surface area contributed by atoms with Gasteiger partial charge in [-0.15, -0.1) is 0 Å². The van der Waals surface area contributed by atoms with Gasteiger partial charge in [0.15, 0.2) is 0 Å². The molecule has 100 valence electrons. The highest BCUT2D eigenvalue weighted by Gasteiger charge is 2.24. The van der Waals surface area contributed by atoms with Crippen LogP contribution in [0.5, 0.6) is 0 Å². The smallest absolute Gasteiger partial charge is 0.237 e. The molecule has 1 aliphatic rings. The van der Waals surface area contributed by atoms with Gasteiger partial charge in [-0.25, -0.2) is 0 Å². The summed E-state index contributed by atoms with van der Waals surface area (Å²) >= 11 is 1.92. The van der Waals surface area contributed by atoms with Crippen molar-refractivity contribution in [2.75, 3.05) is 6.26 Å². The van der Waals surface area contributed by atoms with E-state index in [1.54, 1.807) is 0 Å². The lowest BCUT2D eigenvalue weighted by atomic mass is 9.94. The standard InChI is InChI=1S/C13H26N2OS/c1-3-4-8-12(14)13(16)15-10-6-5-7-11(9-10)17-2/h10-12H,3-9,14H2,1-2H3,(H,15,16)/t10?,11?,12-/m0/s1. The molecule has 0 spiro atoms. The second kappa shape index (κ2) is 7.98. The predicted octanol–water partition coefficient (Wildman–Crippen LogP) is 2.29. The molecule has 0 aromatic heterocycles.